The van der Waals surface area contributed by atoms with Crippen molar-refractivity contribution in [3.05, 3.63) is 27.2 Å². The van der Waals surface area contributed by atoms with Crippen LogP contribution in [0.1, 0.15) is 18.4 Å². The van der Waals surface area contributed by atoms with Gasteiger partial charge >= 0.3 is 0 Å². The second-order valence-corrected chi connectivity index (χ2v) is 7.52. The predicted octanol–water partition coefficient (Wildman–Crippen LogP) is 2.87. The van der Waals surface area contributed by atoms with Gasteiger partial charge in [-0.25, -0.2) is 13.1 Å². The van der Waals surface area contributed by atoms with E-state index in [1.54, 1.807) is 6.07 Å². The summed E-state index contributed by atoms with van der Waals surface area (Å²) in [5, 5.41) is 0.431. The lowest BCUT2D eigenvalue weighted by atomic mass is 10.2. The zero-order chi connectivity index (χ0) is 14.0. The summed E-state index contributed by atoms with van der Waals surface area (Å²) in [6, 6.07) is 3.15. The van der Waals surface area contributed by atoms with Gasteiger partial charge in [-0.05, 0) is 53.4 Å². The van der Waals surface area contributed by atoms with Crippen LogP contribution in [0.5, 0.6) is 0 Å². The molecule has 1 aliphatic heterocycles. The summed E-state index contributed by atoms with van der Waals surface area (Å²) in [5.74, 6) is 0. The third-order valence-electron chi connectivity index (χ3n) is 3.03. The average Bonchev–Trinajstić information content (AvgIpc) is 2.84. The molecular weight excluding hydrogens is 354 g/mol. The van der Waals surface area contributed by atoms with Crippen LogP contribution in [0, 0.1) is 6.92 Å². The SMILES string of the molecule is Cc1cc(Br)c(S(=O)(=O)NC[C@H]2CCCO2)cc1Cl. The summed E-state index contributed by atoms with van der Waals surface area (Å²) < 4.78 is 32.9. The van der Waals surface area contributed by atoms with Gasteiger partial charge in [0.05, 0.1) is 11.0 Å². The monoisotopic (exact) mass is 367 g/mol. The minimum atomic E-state index is -3.58. The molecule has 1 aromatic rings. The van der Waals surface area contributed by atoms with Gasteiger partial charge in [-0.2, -0.15) is 0 Å². The van der Waals surface area contributed by atoms with E-state index in [0.29, 0.717) is 22.6 Å². The van der Waals surface area contributed by atoms with Crippen LogP contribution in [0.25, 0.3) is 0 Å². The molecule has 0 bridgehead atoms. The van der Waals surface area contributed by atoms with Crippen molar-refractivity contribution in [2.45, 2.75) is 30.8 Å². The molecule has 0 unspecified atom stereocenters. The standard InChI is InChI=1S/C12H15BrClNO3S/c1-8-5-10(13)12(6-11(8)14)19(16,17)15-7-9-3-2-4-18-9/h5-6,9,15H,2-4,7H2,1H3/t9-/m1/s1. The molecule has 1 aromatic carbocycles. The van der Waals surface area contributed by atoms with Gasteiger partial charge < -0.3 is 4.74 Å². The molecular formula is C12H15BrClNO3S. The number of aryl methyl sites for hydroxylation is 1. The Morgan fingerprint density at radius 1 is 1.53 bits per heavy atom. The number of benzene rings is 1. The summed E-state index contributed by atoms with van der Waals surface area (Å²) in [5.41, 5.74) is 0.826. The second-order valence-electron chi connectivity index (χ2n) is 4.52. The van der Waals surface area contributed by atoms with Crippen molar-refractivity contribution >= 4 is 37.6 Å². The summed E-state index contributed by atoms with van der Waals surface area (Å²) in [7, 11) is -3.58. The summed E-state index contributed by atoms with van der Waals surface area (Å²) in [6.07, 6.45) is 1.83. The largest absolute Gasteiger partial charge is 0.377 e. The van der Waals surface area contributed by atoms with E-state index < -0.39 is 10.0 Å². The highest BCUT2D eigenvalue weighted by atomic mass is 79.9. The highest BCUT2D eigenvalue weighted by Crippen LogP contribution is 2.28. The van der Waals surface area contributed by atoms with Crippen molar-refractivity contribution in [2.24, 2.45) is 0 Å². The molecule has 4 nitrogen and oxygen atoms in total. The fraction of sp³-hybridized carbons (Fsp3) is 0.500. The highest BCUT2D eigenvalue weighted by molar-refractivity contribution is 9.10. The van der Waals surface area contributed by atoms with Crippen LogP contribution < -0.4 is 4.72 Å². The maximum atomic E-state index is 12.2. The first-order valence-electron chi connectivity index (χ1n) is 5.97. The molecule has 1 fully saturated rings. The van der Waals surface area contributed by atoms with Gasteiger partial charge in [0.25, 0.3) is 0 Å². The number of hydrogen-bond donors (Lipinski definition) is 1. The molecule has 2 rings (SSSR count). The number of halogens is 2. The number of rotatable bonds is 4. The van der Waals surface area contributed by atoms with Gasteiger partial charge in [-0.3, -0.25) is 0 Å². The molecule has 1 atom stereocenters. The predicted molar refractivity (Wildman–Crippen MR) is 78.1 cm³/mol. The topological polar surface area (TPSA) is 55.4 Å². The zero-order valence-corrected chi connectivity index (χ0v) is 13.6. The number of ether oxygens (including phenoxy) is 1. The number of hydrogen-bond acceptors (Lipinski definition) is 3. The summed E-state index contributed by atoms with van der Waals surface area (Å²) in [4.78, 5) is 0.154. The van der Waals surface area contributed by atoms with Gasteiger partial charge in [-0.1, -0.05) is 11.6 Å². The van der Waals surface area contributed by atoms with Crippen molar-refractivity contribution in [1.29, 1.82) is 0 Å². The maximum absolute atomic E-state index is 12.2. The molecule has 0 saturated carbocycles. The van der Waals surface area contributed by atoms with E-state index in [9.17, 15) is 8.42 Å². The van der Waals surface area contributed by atoms with Crippen molar-refractivity contribution < 1.29 is 13.2 Å². The van der Waals surface area contributed by atoms with E-state index in [0.717, 1.165) is 18.4 Å². The Bertz CT molecular complexity index is 571. The molecule has 1 aliphatic rings. The summed E-state index contributed by atoms with van der Waals surface area (Å²) >= 11 is 9.24. The van der Waals surface area contributed by atoms with Crippen LogP contribution in [0.15, 0.2) is 21.5 Å². The van der Waals surface area contributed by atoms with E-state index in [1.807, 2.05) is 6.92 Å². The Balaban J connectivity index is 2.16. The first-order valence-corrected chi connectivity index (χ1v) is 8.62. The lowest BCUT2D eigenvalue weighted by Crippen LogP contribution is -2.32. The minimum absolute atomic E-state index is 0.0329. The lowest BCUT2D eigenvalue weighted by molar-refractivity contribution is 0.114. The molecule has 0 aromatic heterocycles. The van der Waals surface area contributed by atoms with Crippen LogP contribution in [0.3, 0.4) is 0 Å². The maximum Gasteiger partial charge on any atom is 0.241 e. The molecule has 1 saturated heterocycles. The highest BCUT2D eigenvalue weighted by Gasteiger charge is 2.22. The molecule has 19 heavy (non-hydrogen) atoms. The summed E-state index contributed by atoms with van der Waals surface area (Å²) in [6.45, 7) is 2.82. The normalized spacial score (nSPS) is 19.8. The van der Waals surface area contributed by atoms with E-state index in [-0.39, 0.29) is 11.0 Å². The van der Waals surface area contributed by atoms with Crippen LogP contribution in [0.4, 0.5) is 0 Å². The Labute approximate surface area is 126 Å². The number of sulfonamides is 1. The average molecular weight is 369 g/mol. The fourth-order valence-corrected chi connectivity index (χ4v) is 4.39. The smallest absolute Gasteiger partial charge is 0.241 e. The first kappa shape index (κ1) is 15.3. The fourth-order valence-electron chi connectivity index (χ4n) is 1.92. The van der Waals surface area contributed by atoms with Gasteiger partial charge in [-0.15, -0.1) is 0 Å². The van der Waals surface area contributed by atoms with Crippen LogP contribution in [-0.2, 0) is 14.8 Å². The van der Waals surface area contributed by atoms with Crippen molar-refractivity contribution in [3.63, 3.8) is 0 Å². The van der Waals surface area contributed by atoms with Gasteiger partial charge in [0.1, 0.15) is 0 Å². The first-order chi connectivity index (χ1) is 8.90. The molecule has 1 heterocycles. The molecule has 0 aliphatic carbocycles. The van der Waals surface area contributed by atoms with Crippen LogP contribution >= 0.6 is 27.5 Å². The number of nitrogens with one attached hydrogen (secondary N) is 1. The van der Waals surface area contributed by atoms with E-state index in [4.69, 9.17) is 16.3 Å². The van der Waals surface area contributed by atoms with Crippen LogP contribution in [-0.4, -0.2) is 27.7 Å². The van der Waals surface area contributed by atoms with Crippen LogP contribution in [0.2, 0.25) is 5.02 Å². The third kappa shape index (κ3) is 3.70. The van der Waals surface area contributed by atoms with Crippen molar-refractivity contribution in [3.8, 4) is 0 Å². The van der Waals surface area contributed by atoms with Gasteiger partial charge in [0.15, 0.2) is 0 Å². The third-order valence-corrected chi connectivity index (χ3v) is 5.82. The quantitative estimate of drug-likeness (QED) is 0.889. The minimum Gasteiger partial charge on any atom is -0.377 e. The lowest BCUT2D eigenvalue weighted by Gasteiger charge is -2.13. The molecule has 0 amide bonds. The van der Waals surface area contributed by atoms with E-state index in [2.05, 4.69) is 20.7 Å². The molecule has 1 N–H and O–H groups in total. The molecule has 0 radical (unpaired) electrons. The van der Waals surface area contributed by atoms with Gasteiger partial charge in [0.2, 0.25) is 10.0 Å². The van der Waals surface area contributed by atoms with E-state index in [1.165, 1.54) is 6.07 Å². The zero-order valence-electron chi connectivity index (χ0n) is 10.4. The van der Waals surface area contributed by atoms with Crippen molar-refractivity contribution in [2.75, 3.05) is 13.2 Å². The Kier molecular flexibility index (Phi) is 4.89. The Morgan fingerprint density at radius 2 is 2.26 bits per heavy atom. The molecule has 0 spiro atoms. The Hall–Kier alpha value is -0.140. The molecule has 7 heteroatoms. The second kappa shape index (κ2) is 6.10. The van der Waals surface area contributed by atoms with Crippen molar-refractivity contribution in [1.82, 2.24) is 4.72 Å². The van der Waals surface area contributed by atoms with E-state index >= 15 is 0 Å². The van der Waals surface area contributed by atoms with Gasteiger partial charge in [0, 0.05) is 22.6 Å². The molecule has 106 valence electrons. The Morgan fingerprint density at radius 3 is 2.89 bits per heavy atom.